The number of hydrogen-bond acceptors (Lipinski definition) is 4. The number of aryl methyl sites for hydroxylation is 1. The van der Waals surface area contributed by atoms with Gasteiger partial charge < -0.3 is 4.98 Å². The van der Waals surface area contributed by atoms with Gasteiger partial charge in [-0.05, 0) is 71.5 Å². The molecule has 1 N–H and O–H groups in total. The number of fused-ring (bicyclic) bond motifs is 1. The minimum absolute atomic E-state index is 0.161. The monoisotopic (exact) mass is 457 g/mol. The van der Waals surface area contributed by atoms with Crippen LogP contribution >= 0.6 is 15.9 Å². The third-order valence-electron chi connectivity index (χ3n) is 6.23. The van der Waals surface area contributed by atoms with Crippen molar-refractivity contribution in [1.82, 2.24) is 24.6 Å². The van der Waals surface area contributed by atoms with Crippen molar-refractivity contribution < 1.29 is 0 Å². The van der Waals surface area contributed by atoms with Crippen LogP contribution in [-0.2, 0) is 6.42 Å². The summed E-state index contributed by atoms with van der Waals surface area (Å²) in [5.41, 5.74) is 2.18. The van der Waals surface area contributed by atoms with Gasteiger partial charge in [0.25, 0.3) is 5.56 Å². The van der Waals surface area contributed by atoms with Gasteiger partial charge in [0.15, 0.2) is 11.3 Å². The molecule has 1 fully saturated rings. The standard InChI is InChI=1S/C22H28BrN5O/c1-5-16-18-21(29)26-19(17-15(23)7-6-12-24-17)27-28(18)20(25-16)13-8-10-14(11-9-13)22(2,3)4/h6-7,12-14H,5,8-11H2,1-4H3,(H,26,27,29). The molecule has 0 aromatic carbocycles. The lowest BCUT2D eigenvalue weighted by Crippen LogP contribution is -2.26. The van der Waals surface area contributed by atoms with Crippen LogP contribution in [-0.4, -0.2) is 24.6 Å². The first-order valence-electron chi connectivity index (χ1n) is 10.4. The molecule has 3 aromatic rings. The summed E-state index contributed by atoms with van der Waals surface area (Å²) in [6.45, 7) is 9.02. The van der Waals surface area contributed by atoms with Crippen LogP contribution in [0.3, 0.4) is 0 Å². The minimum atomic E-state index is -0.161. The number of pyridine rings is 1. The third kappa shape index (κ3) is 3.77. The number of aromatic amines is 1. The molecule has 0 radical (unpaired) electrons. The molecule has 0 aliphatic heterocycles. The first-order valence-corrected chi connectivity index (χ1v) is 11.2. The van der Waals surface area contributed by atoms with Crippen molar-refractivity contribution in [2.24, 2.45) is 11.3 Å². The first kappa shape index (κ1) is 20.3. The molecule has 0 atom stereocenters. The van der Waals surface area contributed by atoms with E-state index in [2.05, 4.69) is 46.7 Å². The molecule has 0 unspecified atom stereocenters. The molecule has 3 heterocycles. The van der Waals surface area contributed by atoms with Crippen molar-refractivity contribution in [3.8, 4) is 11.5 Å². The Hall–Kier alpha value is -2.02. The molecule has 6 nitrogen and oxygen atoms in total. The van der Waals surface area contributed by atoms with Gasteiger partial charge >= 0.3 is 0 Å². The van der Waals surface area contributed by atoms with Crippen LogP contribution < -0.4 is 5.56 Å². The predicted octanol–water partition coefficient (Wildman–Crippen LogP) is 5.12. The lowest BCUT2D eigenvalue weighted by atomic mass is 9.70. The summed E-state index contributed by atoms with van der Waals surface area (Å²) in [6, 6.07) is 3.74. The van der Waals surface area contributed by atoms with Gasteiger partial charge in [-0.1, -0.05) is 27.7 Å². The second-order valence-electron chi connectivity index (χ2n) is 9.08. The largest absolute Gasteiger partial charge is 0.302 e. The van der Waals surface area contributed by atoms with Crippen molar-refractivity contribution in [2.75, 3.05) is 0 Å². The molecule has 0 bridgehead atoms. The Balaban J connectivity index is 1.79. The number of nitrogens with zero attached hydrogens (tertiary/aromatic N) is 4. The topological polar surface area (TPSA) is 75.9 Å². The Bertz CT molecular complexity index is 1090. The van der Waals surface area contributed by atoms with E-state index in [-0.39, 0.29) is 5.56 Å². The summed E-state index contributed by atoms with van der Waals surface area (Å²) >= 11 is 3.51. The third-order valence-corrected chi connectivity index (χ3v) is 6.87. The lowest BCUT2D eigenvalue weighted by molar-refractivity contribution is 0.167. The summed E-state index contributed by atoms with van der Waals surface area (Å²) < 4.78 is 2.58. The molecule has 0 amide bonds. The van der Waals surface area contributed by atoms with Gasteiger partial charge in [0.1, 0.15) is 11.5 Å². The number of rotatable bonds is 3. The van der Waals surface area contributed by atoms with E-state index in [1.165, 1.54) is 12.8 Å². The molecule has 3 aromatic heterocycles. The van der Waals surface area contributed by atoms with E-state index >= 15 is 0 Å². The van der Waals surface area contributed by atoms with Gasteiger partial charge in [0.05, 0.1) is 5.69 Å². The maximum atomic E-state index is 12.9. The quantitative estimate of drug-likeness (QED) is 0.591. The van der Waals surface area contributed by atoms with Crippen LogP contribution in [0.2, 0.25) is 0 Å². The van der Waals surface area contributed by atoms with Crippen molar-refractivity contribution in [3.63, 3.8) is 0 Å². The number of halogens is 1. The van der Waals surface area contributed by atoms with Gasteiger partial charge in [-0.15, -0.1) is 5.10 Å². The first-order chi connectivity index (χ1) is 13.8. The van der Waals surface area contributed by atoms with Gasteiger partial charge in [-0.2, -0.15) is 0 Å². The summed E-state index contributed by atoms with van der Waals surface area (Å²) in [5, 5.41) is 4.78. The molecule has 29 heavy (non-hydrogen) atoms. The highest BCUT2D eigenvalue weighted by Gasteiger charge is 2.32. The molecular weight excluding hydrogens is 430 g/mol. The maximum absolute atomic E-state index is 12.9. The second-order valence-corrected chi connectivity index (χ2v) is 9.94. The van der Waals surface area contributed by atoms with Crippen LogP contribution in [0.15, 0.2) is 27.6 Å². The van der Waals surface area contributed by atoms with Gasteiger partial charge in [-0.3, -0.25) is 9.78 Å². The Morgan fingerprint density at radius 2 is 1.97 bits per heavy atom. The molecule has 4 rings (SSSR count). The summed E-state index contributed by atoms with van der Waals surface area (Å²) in [7, 11) is 0. The lowest BCUT2D eigenvalue weighted by Gasteiger charge is -2.36. The van der Waals surface area contributed by atoms with Crippen LogP contribution in [0.5, 0.6) is 0 Å². The molecular formula is C22H28BrN5O. The van der Waals surface area contributed by atoms with E-state index in [4.69, 9.17) is 10.1 Å². The Morgan fingerprint density at radius 1 is 1.24 bits per heavy atom. The van der Waals surface area contributed by atoms with E-state index in [0.29, 0.717) is 34.8 Å². The van der Waals surface area contributed by atoms with E-state index in [9.17, 15) is 4.79 Å². The number of imidazole rings is 1. The summed E-state index contributed by atoms with van der Waals surface area (Å²) in [4.78, 5) is 25.1. The Kier molecular flexibility index (Phi) is 5.36. The fraction of sp³-hybridized carbons (Fsp3) is 0.545. The molecule has 1 aliphatic rings. The SMILES string of the molecule is CCc1nc(C2CCC(C(C)(C)C)CC2)n2nc(-c3ncccc3Br)[nH]c(=O)c12. The number of hydrogen-bond donors (Lipinski definition) is 1. The van der Waals surface area contributed by atoms with Crippen LogP contribution in [0.25, 0.3) is 17.0 Å². The van der Waals surface area contributed by atoms with Crippen LogP contribution in [0, 0.1) is 11.3 Å². The van der Waals surface area contributed by atoms with Gasteiger partial charge in [0, 0.05) is 16.6 Å². The molecule has 0 spiro atoms. The zero-order valence-corrected chi connectivity index (χ0v) is 19.1. The number of aromatic nitrogens is 5. The fourth-order valence-corrected chi connectivity index (χ4v) is 4.93. The minimum Gasteiger partial charge on any atom is -0.302 e. The molecule has 154 valence electrons. The Labute approximate surface area is 179 Å². The smallest absolute Gasteiger partial charge is 0.277 e. The van der Waals surface area contributed by atoms with E-state index < -0.39 is 0 Å². The van der Waals surface area contributed by atoms with Crippen molar-refractivity contribution in [1.29, 1.82) is 0 Å². The average molecular weight is 458 g/mol. The van der Waals surface area contributed by atoms with E-state index in [0.717, 1.165) is 34.8 Å². The maximum Gasteiger partial charge on any atom is 0.277 e. The van der Waals surface area contributed by atoms with Crippen molar-refractivity contribution >= 4 is 21.4 Å². The number of H-pyrrole nitrogens is 1. The van der Waals surface area contributed by atoms with Gasteiger partial charge in [0.2, 0.25) is 0 Å². The van der Waals surface area contributed by atoms with Crippen molar-refractivity contribution in [3.05, 3.63) is 44.7 Å². The summed E-state index contributed by atoms with van der Waals surface area (Å²) in [5.74, 6) is 2.44. The normalized spacial score (nSPS) is 20.3. The van der Waals surface area contributed by atoms with Gasteiger partial charge in [-0.25, -0.2) is 9.50 Å². The number of nitrogens with one attached hydrogen (secondary N) is 1. The highest BCUT2D eigenvalue weighted by molar-refractivity contribution is 9.10. The highest BCUT2D eigenvalue weighted by atomic mass is 79.9. The molecule has 1 aliphatic carbocycles. The Morgan fingerprint density at radius 3 is 2.59 bits per heavy atom. The fourth-order valence-electron chi connectivity index (χ4n) is 4.49. The predicted molar refractivity (Wildman–Crippen MR) is 118 cm³/mol. The highest BCUT2D eigenvalue weighted by Crippen LogP contribution is 2.43. The summed E-state index contributed by atoms with van der Waals surface area (Å²) in [6.07, 6.45) is 6.95. The van der Waals surface area contributed by atoms with Crippen LogP contribution in [0.4, 0.5) is 0 Å². The zero-order valence-electron chi connectivity index (χ0n) is 17.5. The zero-order chi connectivity index (χ0) is 20.8. The average Bonchev–Trinajstić information content (AvgIpc) is 3.07. The van der Waals surface area contributed by atoms with Crippen LogP contribution in [0.1, 0.15) is 70.8 Å². The van der Waals surface area contributed by atoms with E-state index in [1.54, 1.807) is 10.7 Å². The molecule has 7 heteroatoms. The second kappa shape index (κ2) is 7.67. The van der Waals surface area contributed by atoms with E-state index in [1.807, 2.05) is 19.1 Å². The molecule has 1 saturated carbocycles. The molecule has 0 saturated heterocycles. The van der Waals surface area contributed by atoms with Crippen molar-refractivity contribution in [2.45, 2.75) is 65.7 Å².